The fourth-order valence-corrected chi connectivity index (χ4v) is 2.62. The van der Waals surface area contributed by atoms with E-state index >= 15 is 0 Å². The lowest BCUT2D eigenvalue weighted by Gasteiger charge is -2.35. The van der Waals surface area contributed by atoms with Crippen molar-refractivity contribution >= 4 is 11.9 Å². The molecule has 1 atom stereocenters. The molecule has 1 N–H and O–H groups in total. The summed E-state index contributed by atoms with van der Waals surface area (Å²) in [5.74, 6) is -0.679. The quantitative estimate of drug-likeness (QED) is 0.813. The van der Waals surface area contributed by atoms with Crippen LogP contribution in [0.3, 0.4) is 0 Å². The first kappa shape index (κ1) is 17.4. The van der Waals surface area contributed by atoms with Crippen molar-refractivity contribution in [1.82, 2.24) is 9.80 Å². The van der Waals surface area contributed by atoms with Gasteiger partial charge in [0.2, 0.25) is 0 Å². The van der Waals surface area contributed by atoms with Crippen molar-refractivity contribution < 1.29 is 19.4 Å². The molecule has 1 aliphatic heterocycles. The second-order valence-electron chi connectivity index (χ2n) is 5.98. The molecule has 1 fully saturated rings. The molecule has 0 spiro atoms. The Kier molecular flexibility index (Phi) is 6.12. The summed E-state index contributed by atoms with van der Waals surface area (Å²) in [4.78, 5) is 27.6. The largest absolute Gasteiger partial charge is 0.454 e. The summed E-state index contributed by atoms with van der Waals surface area (Å²) in [6.45, 7) is 0.987. The zero-order valence-corrected chi connectivity index (χ0v) is 13.6. The summed E-state index contributed by atoms with van der Waals surface area (Å²) in [5.41, 5.74) is 0.839. The number of hydrogen-bond acceptors (Lipinski definition) is 5. The Bertz CT molecular complexity index is 525. The van der Waals surface area contributed by atoms with Crippen LogP contribution in [0.25, 0.3) is 0 Å². The van der Waals surface area contributed by atoms with Crippen LogP contribution < -0.4 is 0 Å². The fraction of sp³-hybridized carbons (Fsp3) is 0.529. The molecule has 0 aromatic heterocycles. The number of amides is 1. The summed E-state index contributed by atoms with van der Waals surface area (Å²) in [6.07, 6.45) is 0.953. The third-order valence-electron chi connectivity index (χ3n) is 4.04. The van der Waals surface area contributed by atoms with Gasteiger partial charge in [-0.2, -0.15) is 0 Å². The minimum atomic E-state index is -0.543. The molecule has 1 heterocycles. The monoisotopic (exact) mass is 320 g/mol. The van der Waals surface area contributed by atoms with Crippen molar-refractivity contribution in [2.24, 2.45) is 0 Å². The molecule has 0 aliphatic carbocycles. The molecule has 0 radical (unpaired) electrons. The zero-order chi connectivity index (χ0) is 16.8. The number of likely N-dealkylation sites (tertiary alicyclic amines) is 1. The van der Waals surface area contributed by atoms with Gasteiger partial charge in [0, 0.05) is 27.2 Å². The van der Waals surface area contributed by atoms with Crippen molar-refractivity contribution in [1.29, 1.82) is 0 Å². The van der Waals surface area contributed by atoms with Gasteiger partial charge in [0.1, 0.15) is 6.04 Å². The number of likely N-dealkylation sites (N-methyl/N-ethyl adjacent to an activating group) is 1. The minimum Gasteiger partial charge on any atom is -0.454 e. The van der Waals surface area contributed by atoms with Gasteiger partial charge >= 0.3 is 5.97 Å². The van der Waals surface area contributed by atoms with Crippen LogP contribution in [0.1, 0.15) is 24.4 Å². The number of hydrogen-bond donors (Lipinski definition) is 1. The van der Waals surface area contributed by atoms with Crippen molar-refractivity contribution in [3.63, 3.8) is 0 Å². The summed E-state index contributed by atoms with van der Waals surface area (Å²) < 4.78 is 5.23. The summed E-state index contributed by atoms with van der Waals surface area (Å²) in [6, 6.07) is 8.86. The summed E-state index contributed by atoms with van der Waals surface area (Å²) >= 11 is 0. The van der Waals surface area contributed by atoms with E-state index in [1.807, 2.05) is 35.2 Å². The number of aliphatic hydroxyl groups excluding tert-OH is 1. The Morgan fingerprint density at radius 1 is 1.26 bits per heavy atom. The van der Waals surface area contributed by atoms with Gasteiger partial charge in [-0.1, -0.05) is 30.3 Å². The normalized spacial score (nSPS) is 17.5. The van der Waals surface area contributed by atoms with Gasteiger partial charge in [-0.25, -0.2) is 4.79 Å². The first-order valence-corrected chi connectivity index (χ1v) is 7.83. The van der Waals surface area contributed by atoms with Gasteiger partial charge in [0.05, 0.1) is 6.10 Å². The SMILES string of the molecule is CN(C)C(=O)COC(=O)[C@@H](c1ccccc1)N1CCC(O)CC1. The van der Waals surface area contributed by atoms with Crippen LogP contribution in [0.5, 0.6) is 0 Å². The highest BCUT2D eigenvalue weighted by molar-refractivity contribution is 5.83. The van der Waals surface area contributed by atoms with E-state index in [1.165, 1.54) is 4.90 Å². The number of carbonyl (C=O) groups is 2. The van der Waals surface area contributed by atoms with Crippen molar-refractivity contribution in [3.05, 3.63) is 35.9 Å². The lowest BCUT2D eigenvalue weighted by Crippen LogP contribution is -2.42. The molecule has 6 nitrogen and oxygen atoms in total. The van der Waals surface area contributed by atoms with Crippen LogP contribution in [0.15, 0.2) is 30.3 Å². The lowest BCUT2D eigenvalue weighted by atomic mass is 10.0. The number of piperidine rings is 1. The van der Waals surface area contributed by atoms with E-state index in [-0.39, 0.29) is 18.6 Å². The zero-order valence-electron chi connectivity index (χ0n) is 13.6. The Morgan fingerprint density at radius 2 is 1.87 bits per heavy atom. The van der Waals surface area contributed by atoms with Gasteiger partial charge in [-0.15, -0.1) is 0 Å². The maximum Gasteiger partial charge on any atom is 0.328 e. The highest BCUT2D eigenvalue weighted by Gasteiger charge is 2.32. The molecule has 1 aromatic rings. The number of aliphatic hydroxyl groups is 1. The molecule has 0 saturated carbocycles. The Morgan fingerprint density at radius 3 is 2.43 bits per heavy atom. The van der Waals surface area contributed by atoms with Gasteiger partial charge in [0.25, 0.3) is 5.91 Å². The van der Waals surface area contributed by atoms with Crippen LogP contribution in [0.4, 0.5) is 0 Å². The molecular weight excluding hydrogens is 296 g/mol. The van der Waals surface area contributed by atoms with Gasteiger partial charge in [0.15, 0.2) is 6.61 Å². The molecule has 1 saturated heterocycles. The van der Waals surface area contributed by atoms with Crippen molar-refractivity contribution in [3.8, 4) is 0 Å². The molecule has 1 aliphatic rings. The first-order chi connectivity index (χ1) is 11.0. The van der Waals surface area contributed by atoms with E-state index in [0.717, 1.165) is 5.56 Å². The second kappa shape index (κ2) is 8.08. The van der Waals surface area contributed by atoms with Crippen LogP contribution in [0.2, 0.25) is 0 Å². The van der Waals surface area contributed by atoms with E-state index < -0.39 is 12.0 Å². The molecule has 1 aromatic carbocycles. The Labute approximate surface area is 136 Å². The van der Waals surface area contributed by atoms with Crippen LogP contribution in [-0.4, -0.2) is 66.7 Å². The highest BCUT2D eigenvalue weighted by Crippen LogP contribution is 2.26. The van der Waals surface area contributed by atoms with Crippen molar-refractivity contribution in [2.75, 3.05) is 33.8 Å². The highest BCUT2D eigenvalue weighted by atomic mass is 16.5. The van der Waals surface area contributed by atoms with E-state index in [2.05, 4.69) is 0 Å². The first-order valence-electron chi connectivity index (χ1n) is 7.83. The third-order valence-corrected chi connectivity index (χ3v) is 4.04. The number of rotatable bonds is 5. The number of ether oxygens (including phenoxy) is 1. The molecule has 0 bridgehead atoms. The number of carbonyl (C=O) groups excluding carboxylic acids is 2. The average molecular weight is 320 g/mol. The second-order valence-corrected chi connectivity index (χ2v) is 5.98. The molecule has 0 unspecified atom stereocenters. The van der Waals surface area contributed by atoms with Crippen molar-refractivity contribution in [2.45, 2.75) is 25.0 Å². The van der Waals surface area contributed by atoms with Crippen LogP contribution in [0, 0.1) is 0 Å². The predicted molar refractivity (Wildman–Crippen MR) is 85.6 cm³/mol. The third kappa shape index (κ3) is 4.77. The Balaban J connectivity index is 2.10. The van der Waals surface area contributed by atoms with E-state index in [9.17, 15) is 14.7 Å². The smallest absolute Gasteiger partial charge is 0.328 e. The number of benzene rings is 1. The molecule has 126 valence electrons. The predicted octanol–water partition coefficient (Wildman–Crippen LogP) is 0.816. The van der Waals surface area contributed by atoms with E-state index in [0.29, 0.717) is 25.9 Å². The molecule has 6 heteroatoms. The van der Waals surface area contributed by atoms with Gasteiger partial charge < -0.3 is 14.7 Å². The summed E-state index contributed by atoms with van der Waals surface area (Å²) in [7, 11) is 3.24. The number of nitrogens with zero attached hydrogens (tertiary/aromatic N) is 2. The van der Waals surface area contributed by atoms with E-state index in [1.54, 1.807) is 14.1 Å². The molecular formula is C17H24N2O4. The van der Waals surface area contributed by atoms with Crippen LogP contribution in [-0.2, 0) is 14.3 Å². The summed E-state index contributed by atoms with van der Waals surface area (Å²) in [5, 5.41) is 9.66. The topological polar surface area (TPSA) is 70.1 Å². The maximum atomic E-state index is 12.6. The fourth-order valence-electron chi connectivity index (χ4n) is 2.62. The standard InChI is InChI=1S/C17H24N2O4/c1-18(2)15(21)12-23-17(22)16(13-6-4-3-5-7-13)19-10-8-14(20)9-11-19/h3-7,14,16,20H,8-12H2,1-2H3/t16-/m1/s1. The Hall–Kier alpha value is -1.92. The van der Waals surface area contributed by atoms with Gasteiger partial charge in [-0.05, 0) is 18.4 Å². The molecule has 1 amide bonds. The maximum absolute atomic E-state index is 12.6. The average Bonchev–Trinajstić information content (AvgIpc) is 2.55. The van der Waals surface area contributed by atoms with Gasteiger partial charge in [-0.3, -0.25) is 9.69 Å². The minimum absolute atomic E-state index is 0.251. The van der Waals surface area contributed by atoms with Crippen LogP contribution >= 0.6 is 0 Å². The van der Waals surface area contributed by atoms with E-state index in [4.69, 9.17) is 4.74 Å². The molecule has 23 heavy (non-hydrogen) atoms. The lowest BCUT2D eigenvalue weighted by molar-refractivity contribution is -0.157. The molecule has 2 rings (SSSR count). The number of esters is 1.